The van der Waals surface area contributed by atoms with Crippen LogP contribution in [-0.2, 0) is 4.79 Å². The highest BCUT2D eigenvalue weighted by atomic mass is 16.5. The lowest BCUT2D eigenvalue weighted by Gasteiger charge is -2.09. The third kappa shape index (κ3) is 7.17. The first-order valence-electron chi connectivity index (χ1n) is 9.86. The molecule has 0 aliphatic carbocycles. The van der Waals surface area contributed by atoms with E-state index in [1.54, 1.807) is 26.4 Å². The molecule has 2 aromatic rings. The zero-order valence-electron chi connectivity index (χ0n) is 17.4. The number of unbranched alkanes of at least 4 members (excludes halogenated alkanes) is 3. The fraction of sp³-hybridized carbons (Fsp3) is 0.333. The van der Waals surface area contributed by atoms with Crippen LogP contribution < -0.4 is 14.2 Å². The van der Waals surface area contributed by atoms with E-state index in [0.717, 1.165) is 36.1 Å². The topological polar surface area (TPSA) is 88.8 Å². The summed E-state index contributed by atoms with van der Waals surface area (Å²) in [6.45, 7) is 0.595. The summed E-state index contributed by atoms with van der Waals surface area (Å²) in [4.78, 5) is 10.5. The van der Waals surface area contributed by atoms with Gasteiger partial charge in [0.15, 0.2) is 11.5 Å². The number of allylic oxidation sites excluding steroid dienone is 1. The van der Waals surface area contributed by atoms with E-state index in [2.05, 4.69) is 6.07 Å². The van der Waals surface area contributed by atoms with E-state index in [4.69, 9.17) is 19.3 Å². The van der Waals surface area contributed by atoms with Gasteiger partial charge in [-0.3, -0.25) is 4.79 Å². The van der Waals surface area contributed by atoms with Gasteiger partial charge in [-0.2, -0.15) is 5.26 Å². The number of hydrogen-bond donors (Lipinski definition) is 1. The van der Waals surface area contributed by atoms with Crippen molar-refractivity contribution in [2.24, 2.45) is 0 Å². The summed E-state index contributed by atoms with van der Waals surface area (Å²) in [5, 5.41) is 18.2. The Morgan fingerprint density at radius 1 is 1.00 bits per heavy atom. The molecule has 0 unspecified atom stereocenters. The van der Waals surface area contributed by atoms with E-state index < -0.39 is 5.97 Å². The van der Waals surface area contributed by atoms with Gasteiger partial charge in [0.25, 0.3) is 0 Å². The Balaban J connectivity index is 1.92. The average molecular weight is 409 g/mol. The smallest absolute Gasteiger partial charge is 0.303 e. The summed E-state index contributed by atoms with van der Waals surface area (Å²) in [6.07, 6.45) is 5.48. The van der Waals surface area contributed by atoms with Gasteiger partial charge in [-0.05, 0) is 60.4 Å². The van der Waals surface area contributed by atoms with Crippen molar-refractivity contribution < 1.29 is 24.1 Å². The van der Waals surface area contributed by atoms with Crippen molar-refractivity contribution in [3.63, 3.8) is 0 Å². The van der Waals surface area contributed by atoms with E-state index in [-0.39, 0.29) is 6.42 Å². The Kier molecular flexibility index (Phi) is 9.26. The molecular formula is C24H27NO5. The largest absolute Gasteiger partial charge is 0.494 e. The highest BCUT2D eigenvalue weighted by Crippen LogP contribution is 2.31. The van der Waals surface area contributed by atoms with E-state index >= 15 is 0 Å². The van der Waals surface area contributed by atoms with Crippen LogP contribution in [0.15, 0.2) is 42.5 Å². The van der Waals surface area contributed by atoms with Gasteiger partial charge in [-0.1, -0.05) is 25.0 Å². The van der Waals surface area contributed by atoms with Crippen LogP contribution in [-0.4, -0.2) is 31.9 Å². The SMILES string of the molecule is COc1ccc(/C(C#N)=C/c2ccc(OCCCCCCC(=O)O)cc2)cc1OC. The predicted molar refractivity (Wildman–Crippen MR) is 116 cm³/mol. The second-order valence-electron chi connectivity index (χ2n) is 6.72. The Bertz CT molecular complexity index is 897. The van der Waals surface area contributed by atoms with Crippen molar-refractivity contribution in [1.29, 1.82) is 5.26 Å². The van der Waals surface area contributed by atoms with Crippen LogP contribution >= 0.6 is 0 Å². The fourth-order valence-electron chi connectivity index (χ4n) is 2.93. The van der Waals surface area contributed by atoms with Gasteiger partial charge in [0, 0.05) is 6.42 Å². The number of methoxy groups -OCH3 is 2. The maximum Gasteiger partial charge on any atom is 0.303 e. The number of carboxylic acid groups (broad SMARTS) is 1. The summed E-state index contributed by atoms with van der Waals surface area (Å²) in [5.41, 5.74) is 2.16. The molecule has 2 aromatic carbocycles. The lowest BCUT2D eigenvalue weighted by molar-refractivity contribution is -0.137. The summed E-state index contributed by atoms with van der Waals surface area (Å²) < 4.78 is 16.3. The summed E-state index contributed by atoms with van der Waals surface area (Å²) in [5.74, 6) is 1.21. The molecule has 0 heterocycles. The lowest BCUT2D eigenvalue weighted by Crippen LogP contribution is -1.98. The first-order chi connectivity index (χ1) is 14.6. The van der Waals surface area contributed by atoms with Gasteiger partial charge in [0.1, 0.15) is 5.75 Å². The second-order valence-corrected chi connectivity index (χ2v) is 6.72. The highest BCUT2D eigenvalue weighted by molar-refractivity contribution is 5.90. The van der Waals surface area contributed by atoms with Crippen molar-refractivity contribution in [2.45, 2.75) is 32.1 Å². The number of carboxylic acids is 1. The Morgan fingerprint density at radius 2 is 1.70 bits per heavy atom. The van der Waals surface area contributed by atoms with Crippen LogP contribution in [0.2, 0.25) is 0 Å². The minimum atomic E-state index is -0.744. The molecule has 0 aliphatic rings. The Labute approximate surface area is 177 Å². The molecule has 0 amide bonds. The first kappa shape index (κ1) is 22.8. The van der Waals surface area contributed by atoms with Gasteiger partial charge in [-0.15, -0.1) is 0 Å². The lowest BCUT2D eigenvalue weighted by atomic mass is 10.0. The van der Waals surface area contributed by atoms with Gasteiger partial charge in [0.2, 0.25) is 0 Å². The van der Waals surface area contributed by atoms with Crippen LogP contribution in [0.1, 0.15) is 43.2 Å². The molecule has 158 valence electrons. The molecule has 0 aliphatic heterocycles. The average Bonchev–Trinajstić information content (AvgIpc) is 2.77. The van der Waals surface area contributed by atoms with Crippen LogP contribution in [0.25, 0.3) is 11.6 Å². The number of carbonyl (C=O) groups is 1. The van der Waals surface area contributed by atoms with Gasteiger partial charge < -0.3 is 19.3 Å². The second kappa shape index (κ2) is 12.2. The summed E-state index contributed by atoms with van der Waals surface area (Å²) >= 11 is 0. The van der Waals surface area contributed by atoms with Crippen molar-refractivity contribution in [2.75, 3.05) is 20.8 Å². The fourth-order valence-corrected chi connectivity index (χ4v) is 2.93. The molecule has 1 N–H and O–H groups in total. The quantitative estimate of drug-likeness (QED) is 0.295. The van der Waals surface area contributed by atoms with Crippen LogP contribution in [0, 0.1) is 11.3 Å². The molecular weight excluding hydrogens is 382 g/mol. The van der Waals surface area contributed by atoms with Crippen molar-refractivity contribution in [3.8, 4) is 23.3 Å². The summed E-state index contributed by atoms with van der Waals surface area (Å²) in [7, 11) is 3.13. The summed E-state index contributed by atoms with van der Waals surface area (Å²) in [6, 6.07) is 15.2. The van der Waals surface area contributed by atoms with Crippen molar-refractivity contribution >= 4 is 17.6 Å². The number of nitriles is 1. The molecule has 30 heavy (non-hydrogen) atoms. The molecule has 0 atom stereocenters. The monoisotopic (exact) mass is 409 g/mol. The third-order valence-corrected chi connectivity index (χ3v) is 4.56. The molecule has 6 nitrogen and oxygen atoms in total. The molecule has 0 radical (unpaired) electrons. The zero-order chi connectivity index (χ0) is 21.8. The Hall–Kier alpha value is -3.46. The Morgan fingerprint density at radius 3 is 2.33 bits per heavy atom. The van der Waals surface area contributed by atoms with Gasteiger partial charge >= 0.3 is 5.97 Å². The normalized spacial score (nSPS) is 10.9. The number of rotatable bonds is 12. The number of nitrogens with zero attached hydrogens (tertiary/aromatic N) is 1. The van der Waals surface area contributed by atoms with Crippen LogP contribution in [0.4, 0.5) is 0 Å². The number of aliphatic carboxylic acids is 1. The molecule has 6 heteroatoms. The van der Waals surface area contributed by atoms with E-state index in [0.29, 0.717) is 30.1 Å². The third-order valence-electron chi connectivity index (χ3n) is 4.56. The van der Waals surface area contributed by atoms with E-state index in [9.17, 15) is 10.1 Å². The number of hydrogen-bond acceptors (Lipinski definition) is 5. The first-order valence-corrected chi connectivity index (χ1v) is 9.86. The molecule has 0 saturated heterocycles. The number of benzene rings is 2. The predicted octanol–water partition coefficient (Wildman–Crippen LogP) is 5.18. The molecule has 2 rings (SSSR count). The molecule has 0 fully saturated rings. The molecule has 0 aromatic heterocycles. The van der Waals surface area contributed by atoms with E-state index in [1.807, 2.05) is 36.4 Å². The van der Waals surface area contributed by atoms with Crippen LogP contribution in [0.3, 0.4) is 0 Å². The standard InChI is InChI=1S/C24H27NO5/c1-28-22-13-10-19(16-23(22)29-2)20(17-25)15-18-8-11-21(12-9-18)30-14-6-4-3-5-7-24(26)27/h8-13,15-16H,3-7,14H2,1-2H3,(H,26,27)/b20-15+. The molecule has 0 saturated carbocycles. The maximum atomic E-state index is 10.5. The van der Waals surface area contributed by atoms with Crippen molar-refractivity contribution in [3.05, 3.63) is 53.6 Å². The molecule has 0 bridgehead atoms. The minimum absolute atomic E-state index is 0.226. The zero-order valence-corrected chi connectivity index (χ0v) is 17.4. The maximum absolute atomic E-state index is 10.5. The van der Waals surface area contributed by atoms with Gasteiger partial charge in [0.05, 0.1) is 32.5 Å². The van der Waals surface area contributed by atoms with Crippen molar-refractivity contribution in [1.82, 2.24) is 0 Å². The highest BCUT2D eigenvalue weighted by Gasteiger charge is 2.08. The van der Waals surface area contributed by atoms with Gasteiger partial charge in [-0.25, -0.2) is 0 Å². The van der Waals surface area contributed by atoms with Crippen LogP contribution in [0.5, 0.6) is 17.2 Å². The molecule has 0 spiro atoms. The van der Waals surface area contributed by atoms with E-state index in [1.165, 1.54) is 0 Å². The minimum Gasteiger partial charge on any atom is -0.494 e. The number of ether oxygens (including phenoxy) is 3.